The molecule has 2 rings (SSSR count). The monoisotopic (exact) mass is 257 g/mol. The standard InChI is InChI=1S/C15H19N3O/c16-9-10-18(14-3-1-2-4-15(14)19)13-7-5-12(11-17)6-8-13/h1-8,19H,9-11,16-17H2. The topological polar surface area (TPSA) is 75.5 Å². The van der Waals surface area contributed by atoms with Gasteiger partial charge in [0.1, 0.15) is 5.75 Å². The maximum Gasteiger partial charge on any atom is 0.139 e. The zero-order valence-electron chi connectivity index (χ0n) is 10.8. The molecular formula is C15H19N3O. The summed E-state index contributed by atoms with van der Waals surface area (Å²) >= 11 is 0. The van der Waals surface area contributed by atoms with Crippen molar-refractivity contribution in [3.8, 4) is 5.75 Å². The molecule has 2 aromatic carbocycles. The van der Waals surface area contributed by atoms with E-state index < -0.39 is 0 Å². The lowest BCUT2D eigenvalue weighted by Crippen LogP contribution is -2.24. The van der Waals surface area contributed by atoms with Crippen LogP contribution in [0.1, 0.15) is 5.56 Å². The SMILES string of the molecule is NCCN(c1ccc(CN)cc1)c1ccccc1O. The van der Waals surface area contributed by atoms with E-state index >= 15 is 0 Å². The minimum absolute atomic E-state index is 0.249. The van der Waals surface area contributed by atoms with Gasteiger partial charge in [0.05, 0.1) is 5.69 Å². The van der Waals surface area contributed by atoms with E-state index in [4.69, 9.17) is 11.5 Å². The zero-order chi connectivity index (χ0) is 13.7. The van der Waals surface area contributed by atoms with Crippen molar-refractivity contribution in [1.29, 1.82) is 0 Å². The van der Waals surface area contributed by atoms with Crippen molar-refractivity contribution in [2.75, 3.05) is 18.0 Å². The van der Waals surface area contributed by atoms with Gasteiger partial charge in [-0.3, -0.25) is 0 Å². The zero-order valence-corrected chi connectivity index (χ0v) is 10.8. The van der Waals surface area contributed by atoms with Gasteiger partial charge in [0, 0.05) is 25.3 Å². The van der Waals surface area contributed by atoms with E-state index in [1.165, 1.54) is 0 Å². The Hall–Kier alpha value is -2.04. The van der Waals surface area contributed by atoms with Crippen LogP contribution >= 0.6 is 0 Å². The molecule has 0 amide bonds. The predicted octanol–water partition coefficient (Wildman–Crippen LogP) is 1.95. The Kier molecular flexibility index (Phi) is 4.39. The van der Waals surface area contributed by atoms with Gasteiger partial charge in [0.25, 0.3) is 0 Å². The van der Waals surface area contributed by atoms with Crippen LogP contribution in [-0.2, 0) is 6.54 Å². The second kappa shape index (κ2) is 6.22. The fourth-order valence-corrected chi connectivity index (χ4v) is 2.02. The summed E-state index contributed by atoms with van der Waals surface area (Å²) in [5, 5.41) is 9.97. The first-order chi connectivity index (χ1) is 9.26. The lowest BCUT2D eigenvalue weighted by atomic mass is 10.1. The number of phenolic OH excluding ortho intramolecular Hbond substituents is 1. The first-order valence-corrected chi connectivity index (χ1v) is 6.31. The quantitative estimate of drug-likeness (QED) is 0.765. The van der Waals surface area contributed by atoms with Gasteiger partial charge in [-0.05, 0) is 29.8 Å². The molecule has 0 aromatic heterocycles. The van der Waals surface area contributed by atoms with E-state index in [0.29, 0.717) is 19.6 Å². The van der Waals surface area contributed by atoms with Crippen molar-refractivity contribution in [1.82, 2.24) is 0 Å². The second-order valence-corrected chi connectivity index (χ2v) is 4.30. The molecule has 0 atom stereocenters. The number of rotatable bonds is 5. The average Bonchev–Trinajstić information content (AvgIpc) is 2.46. The van der Waals surface area contributed by atoms with Crippen LogP contribution in [0, 0.1) is 0 Å². The Morgan fingerprint density at radius 1 is 0.947 bits per heavy atom. The number of phenols is 1. The molecule has 4 heteroatoms. The molecule has 0 aliphatic carbocycles. The molecular weight excluding hydrogens is 238 g/mol. The van der Waals surface area contributed by atoms with E-state index in [1.807, 2.05) is 41.3 Å². The van der Waals surface area contributed by atoms with Gasteiger partial charge in [-0.15, -0.1) is 0 Å². The molecule has 0 spiro atoms. The average molecular weight is 257 g/mol. The Morgan fingerprint density at radius 2 is 1.63 bits per heavy atom. The molecule has 100 valence electrons. The van der Waals surface area contributed by atoms with Crippen molar-refractivity contribution in [2.24, 2.45) is 11.5 Å². The molecule has 4 nitrogen and oxygen atoms in total. The number of nitrogens with two attached hydrogens (primary N) is 2. The lowest BCUT2D eigenvalue weighted by Gasteiger charge is -2.25. The van der Waals surface area contributed by atoms with Gasteiger partial charge in [-0.1, -0.05) is 24.3 Å². The molecule has 0 bridgehead atoms. The fraction of sp³-hybridized carbons (Fsp3) is 0.200. The van der Waals surface area contributed by atoms with E-state index in [0.717, 1.165) is 16.9 Å². The van der Waals surface area contributed by atoms with E-state index in [9.17, 15) is 5.11 Å². The second-order valence-electron chi connectivity index (χ2n) is 4.30. The third kappa shape index (κ3) is 3.05. The van der Waals surface area contributed by atoms with Crippen molar-refractivity contribution in [3.63, 3.8) is 0 Å². The Balaban J connectivity index is 2.36. The number of para-hydroxylation sites is 2. The summed E-state index contributed by atoms with van der Waals surface area (Å²) in [5.74, 6) is 0.249. The van der Waals surface area contributed by atoms with Crippen LogP contribution in [0.25, 0.3) is 0 Å². The minimum atomic E-state index is 0.249. The van der Waals surface area contributed by atoms with Crippen molar-refractivity contribution < 1.29 is 5.11 Å². The highest BCUT2D eigenvalue weighted by molar-refractivity contribution is 5.68. The first kappa shape index (κ1) is 13.4. The van der Waals surface area contributed by atoms with Crippen LogP contribution in [0.4, 0.5) is 11.4 Å². The highest BCUT2D eigenvalue weighted by atomic mass is 16.3. The van der Waals surface area contributed by atoms with Gasteiger partial charge in [0.2, 0.25) is 0 Å². The van der Waals surface area contributed by atoms with Gasteiger partial charge in [-0.2, -0.15) is 0 Å². The van der Waals surface area contributed by atoms with E-state index in [-0.39, 0.29) is 5.75 Å². The molecule has 5 N–H and O–H groups in total. The van der Waals surface area contributed by atoms with Gasteiger partial charge < -0.3 is 21.5 Å². The van der Waals surface area contributed by atoms with Gasteiger partial charge in [-0.25, -0.2) is 0 Å². The molecule has 0 radical (unpaired) electrons. The summed E-state index contributed by atoms with van der Waals surface area (Å²) in [6.45, 7) is 1.67. The Bertz CT molecular complexity index is 525. The minimum Gasteiger partial charge on any atom is -0.506 e. The lowest BCUT2D eigenvalue weighted by molar-refractivity contribution is 0.475. The smallest absolute Gasteiger partial charge is 0.139 e. The third-order valence-corrected chi connectivity index (χ3v) is 3.01. The van der Waals surface area contributed by atoms with Gasteiger partial charge >= 0.3 is 0 Å². The largest absolute Gasteiger partial charge is 0.506 e. The molecule has 0 aliphatic heterocycles. The predicted molar refractivity (Wildman–Crippen MR) is 78.5 cm³/mol. The number of aromatic hydroxyl groups is 1. The Morgan fingerprint density at radius 3 is 2.21 bits per heavy atom. The summed E-state index contributed by atoms with van der Waals surface area (Å²) in [4.78, 5) is 2.00. The molecule has 0 fully saturated rings. The fourth-order valence-electron chi connectivity index (χ4n) is 2.02. The maximum atomic E-state index is 9.97. The summed E-state index contributed by atoms with van der Waals surface area (Å²) < 4.78 is 0. The van der Waals surface area contributed by atoms with Crippen LogP contribution in [0.2, 0.25) is 0 Å². The summed E-state index contributed by atoms with van der Waals surface area (Å²) in [7, 11) is 0. The van der Waals surface area contributed by atoms with Crippen LogP contribution < -0.4 is 16.4 Å². The number of hydrogen-bond acceptors (Lipinski definition) is 4. The summed E-state index contributed by atoms with van der Waals surface area (Å²) in [5.41, 5.74) is 14.1. The highest BCUT2D eigenvalue weighted by Crippen LogP contribution is 2.32. The van der Waals surface area contributed by atoms with Crippen LogP contribution in [0.5, 0.6) is 5.75 Å². The summed E-state index contributed by atoms with van der Waals surface area (Å²) in [6.07, 6.45) is 0. The molecule has 2 aromatic rings. The number of hydrogen-bond donors (Lipinski definition) is 3. The number of anilines is 2. The molecule has 0 heterocycles. The number of nitrogens with zero attached hydrogens (tertiary/aromatic N) is 1. The molecule has 0 saturated carbocycles. The van der Waals surface area contributed by atoms with Crippen LogP contribution in [0.3, 0.4) is 0 Å². The summed E-state index contributed by atoms with van der Waals surface area (Å²) in [6, 6.07) is 15.2. The van der Waals surface area contributed by atoms with Crippen molar-refractivity contribution in [2.45, 2.75) is 6.54 Å². The highest BCUT2D eigenvalue weighted by Gasteiger charge is 2.11. The third-order valence-electron chi connectivity index (χ3n) is 3.01. The van der Waals surface area contributed by atoms with Crippen LogP contribution in [0.15, 0.2) is 48.5 Å². The van der Waals surface area contributed by atoms with Crippen molar-refractivity contribution >= 4 is 11.4 Å². The maximum absolute atomic E-state index is 9.97. The number of benzene rings is 2. The van der Waals surface area contributed by atoms with Gasteiger partial charge in [0.15, 0.2) is 0 Å². The van der Waals surface area contributed by atoms with Crippen molar-refractivity contribution in [3.05, 3.63) is 54.1 Å². The normalized spacial score (nSPS) is 10.4. The molecule has 0 saturated heterocycles. The molecule has 0 aliphatic rings. The molecule has 19 heavy (non-hydrogen) atoms. The first-order valence-electron chi connectivity index (χ1n) is 6.31. The van der Waals surface area contributed by atoms with Crippen LogP contribution in [-0.4, -0.2) is 18.2 Å². The Labute approximate surface area is 113 Å². The van der Waals surface area contributed by atoms with E-state index in [2.05, 4.69) is 0 Å². The van der Waals surface area contributed by atoms with E-state index in [1.54, 1.807) is 12.1 Å². The molecule has 0 unspecified atom stereocenters.